The average molecular weight is 333 g/mol. The maximum atomic E-state index is 12.1. The van der Waals surface area contributed by atoms with Gasteiger partial charge >= 0.3 is 0 Å². The minimum Gasteiger partial charge on any atom is -0.352 e. The summed E-state index contributed by atoms with van der Waals surface area (Å²) in [7, 11) is 3.96. The van der Waals surface area contributed by atoms with Crippen LogP contribution in [-0.2, 0) is 9.59 Å². The van der Waals surface area contributed by atoms with E-state index in [1.165, 1.54) is 18.6 Å². The largest absolute Gasteiger partial charge is 0.352 e. The number of hydrogen-bond donors (Lipinski definition) is 1. The van der Waals surface area contributed by atoms with Gasteiger partial charge in [0.15, 0.2) is 0 Å². The number of nitrogens with zero attached hydrogens (tertiary/aromatic N) is 1. The van der Waals surface area contributed by atoms with Crippen molar-refractivity contribution in [1.29, 1.82) is 0 Å². The number of amides is 2. The van der Waals surface area contributed by atoms with E-state index in [1.54, 1.807) is 4.90 Å². The van der Waals surface area contributed by atoms with Crippen LogP contribution < -0.4 is 5.32 Å². The predicted molar refractivity (Wildman–Crippen MR) is 92.5 cm³/mol. The molecule has 0 radical (unpaired) electrons. The van der Waals surface area contributed by atoms with Crippen molar-refractivity contribution in [1.82, 2.24) is 10.2 Å². The third-order valence-corrected chi connectivity index (χ3v) is 6.42. The van der Waals surface area contributed by atoms with Crippen LogP contribution in [0.4, 0.5) is 0 Å². The van der Waals surface area contributed by atoms with E-state index < -0.39 is 0 Å². The molecule has 0 saturated carbocycles. The van der Waals surface area contributed by atoms with E-state index in [1.807, 2.05) is 42.4 Å². The highest BCUT2D eigenvalue weighted by atomic mass is 33.1. The van der Waals surface area contributed by atoms with Crippen molar-refractivity contribution in [3.8, 4) is 0 Å². The molecule has 1 rings (SSSR count). The fourth-order valence-electron chi connectivity index (χ4n) is 2.29. The summed E-state index contributed by atoms with van der Waals surface area (Å²) in [5, 5.41) is 3.61. The van der Waals surface area contributed by atoms with Crippen LogP contribution in [0.2, 0.25) is 0 Å². The molecule has 6 heteroatoms. The van der Waals surface area contributed by atoms with Crippen molar-refractivity contribution in [2.45, 2.75) is 64.2 Å². The van der Waals surface area contributed by atoms with Gasteiger partial charge < -0.3 is 10.2 Å². The molecule has 0 aliphatic carbocycles. The van der Waals surface area contributed by atoms with Crippen molar-refractivity contribution in [2.75, 3.05) is 18.8 Å². The summed E-state index contributed by atoms with van der Waals surface area (Å²) in [4.78, 5) is 25.5. The molecule has 4 nitrogen and oxygen atoms in total. The van der Waals surface area contributed by atoms with Gasteiger partial charge in [-0.1, -0.05) is 28.0 Å². The minimum atomic E-state index is -0.0698. The first kappa shape index (κ1) is 18.7. The molecule has 1 atom stereocenters. The Morgan fingerprint density at radius 1 is 1.33 bits per heavy atom. The molecule has 21 heavy (non-hydrogen) atoms. The van der Waals surface area contributed by atoms with Crippen LogP contribution in [0.15, 0.2) is 0 Å². The fourth-order valence-corrected chi connectivity index (χ4v) is 5.32. The summed E-state index contributed by atoms with van der Waals surface area (Å²) >= 11 is 0. The van der Waals surface area contributed by atoms with Gasteiger partial charge in [-0.05, 0) is 40.0 Å². The van der Waals surface area contributed by atoms with Crippen LogP contribution in [0.3, 0.4) is 0 Å². The number of carbonyl (C=O) groups is 2. The molecule has 0 aromatic heterocycles. The fraction of sp³-hybridized carbons (Fsp3) is 0.867. The van der Waals surface area contributed by atoms with E-state index in [2.05, 4.69) is 5.32 Å². The topological polar surface area (TPSA) is 49.4 Å². The second kappa shape index (κ2) is 10.4. The summed E-state index contributed by atoms with van der Waals surface area (Å²) in [5.41, 5.74) is 0. The van der Waals surface area contributed by atoms with E-state index in [0.29, 0.717) is 13.0 Å². The second-order valence-corrected chi connectivity index (χ2v) is 8.49. The van der Waals surface area contributed by atoms with E-state index in [-0.39, 0.29) is 24.4 Å². The van der Waals surface area contributed by atoms with Crippen molar-refractivity contribution in [3.05, 3.63) is 0 Å². The van der Waals surface area contributed by atoms with E-state index in [9.17, 15) is 9.59 Å². The zero-order valence-corrected chi connectivity index (χ0v) is 15.0. The molecule has 1 saturated heterocycles. The lowest BCUT2D eigenvalue weighted by atomic mass is 10.1. The Labute approximate surface area is 136 Å². The molecule has 1 N–H and O–H groups in total. The number of hydrogen-bond acceptors (Lipinski definition) is 4. The summed E-state index contributed by atoms with van der Waals surface area (Å²) in [6.45, 7) is 6.56. The molecule has 1 aliphatic heterocycles. The number of unbranched alkanes of at least 4 members (excludes halogenated alkanes) is 1. The lowest BCUT2D eigenvalue weighted by Gasteiger charge is -2.21. The van der Waals surface area contributed by atoms with Gasteiger partial charge in [-0.25, -0.2) is 0 Å². The SMILES string of the molecule is CCN(CC(=O)NC(C)C)C(=O)CCCCC1CCSS1. The molecule has 1 aliphatic rings. The van der Waals surface area contributed by atoms with Crippen LogP contribution in [0.25, 0.3) is 0 Å². The summed E-state index contributed by atoms with van der Waals surface area (Å²) in [6, 6.07) is 0.119. The molecule has 122 valence electrons. The van der Waals surface area contributed by atoms with Gasteiger partial charge in [-0.15, -0.1) is 0 Å². The van der Waals surface area contributed by atoms with Gasteiger partial charge in [-0.3, -0.25) is 9.59 Å². The van der Waals surface area contributed by atoms with Crippen LogP contribution in [0.5, 0.6) is 0 Å². The van der Waals surface area contributed by atoms with Crippen molar-refractivity contribution in [2.24, 2.45) is 0 Å². The first-order valence-electron chi connectivity index (χ1n) is 7.88. The molecule has 1 unspecified atom stereocenters. The van der Waals surface area contributed by atoms with Crippen LogP contribution in [-0.4, -0.2) is 46.8 Å². The number of carbonyl (C=O) groups excluding carboxylic acids is 2. The van der Waals surface area contributed by atoms with E-state index in [4.69, 9.17) is 0 Å². The molecule has 0 aromatic rings. The maximum absolute atomic E-state index is 12.1. The normalized spacial score (nSPS) is 18.0. The number of rotatable bonds is 9. The van der Waals surface area contributed by atoms with E-state index in [0.717, 1.165) is 18.1 Å². The first-order valence-corrected chi connectivity index (χ1v) is 10.3. The highest BCUT2D eigenvalue weighted by Crippen LogP contribution is 2.39. The lowest BCUT2D eigenvalue weighted by Crippen LogP contribution is -2.42. The Kier molecular flexibility index (Phi) is 9.24. The number of likely N-dealkylation sites (N-methyl/N-ethyl adjacent to an activating group) is 1. The zero-order chi connectivity index (χ0) is 15.7. The van der Waals surface area contributed by atoms with Crippen molar-refractivity contribution < 1.29 is 9.59 Å². The van der Waals surface area contributed by atoms with Gasteiger partial charge in [0.05, 0.1) is 6.54 Å². The van der Waals surface area contributed by atoms with Gasteiger partial charge in [0, 0.05) is 30.0 Å². The number of nitrogens with one attached hydrogen (secondary N) is 1. The molecule has 1 fully saturated rings. The third-order valence-electron chi connectivity index (χ3n) is 3.41. The third kappa shape index (κ3) is 8.00. The van der Waals surface area contributed by atoms with Crippen LogP contribution in [0, 0.1) is 0 Å². The van der Waals surface area contributed by atoms with Crippen LogP contribution >= 0.6 is 21.6 Å². The predicted octanol–water partition coefficient (Wildman–Crippen LogP) is 3.07. The van der Waals surface area contributed by atoms with Gasteiger partial charge in [-0.2, -0.15) is 0 Å². The molecule has 0 aromatic carbocycles. The molecule has 1 heterocycles. The molecule has 0 bridgehead atoms. The van der Waals surface area contributed by atoms with Crippen molar-refractivity contribution in [3.63, 3.8) is 0 Å². The Morgan fingerprint density at radius 3 is 2.67 bits per heavy atom. The quantitative estimate of drug-likeness (QED) is 0.521. The molecular formula is C15H28N2O2S2. The Balaban J connectivity index is 2.19. The maximum Gasteiger partial charge on any atom is 0.239 e. The van der Waals surface area contributed by atoms with Crippen molar-refractivity contribution >= 4 is 33.4 Å². The molecule has 0 spiro atoms. The second-order valence-electron chi connectivity index (χ2n) is 5.70. The summed E-state index contributed by atoms with van der Waals surface area (Å²) in [6.07, 6.45) is 5.13. The zero-order valence-electron chi connectivity index (χ0n) is 13.4. The molecular weight excluding hydrogens is 304 g/mol. The highest BCUT2D eigenvalue weighted by Gasteiger charge is 2.18. The standard InChI is InChI=1S/C15H28N2O2S2/c1-4-17(11-14(18)16-12(2)3)15(19)8-6-5-7-13-9-10-20-21-13/h12-13H,4-11H2,1-3H3,(H,16,18). The Bertz CT molecular complexity index is 332. The smallest absolute Gasteiger partial charge is 0.239 e. The Morgan fingerprint density at radius 2 is 2.10 bits per heavy atom. The van der Waals surface area contributed by atoms with Crippen LogP contribution in [0.1, 0.15) is 52.9 Å². The monoisotopic (exact) mass is 332 g/mol. The van der Waals surface area contributed by atoms with Gasteiger partial charge in [0.1, 0.15) is 0 Å². The van der Waals surface area contributed by atoms with E-state index >= 15 is 0 Å². The van der Waals surface area contributed by atoms with Gasteiger partial charge in [0.25, 0.3) is 0 Å². The Hall–Kier alpha value is -0.360. The summed E-state index contributed by atoms with van der Waals surface area (Å²) < 4.78 is 0. The lowest BCUT2D eigenvalue weighted by molar-refractivity contribution is -0.136. The minimum absolute atomic E-state index is 0.0698. The average Bonchev–Trinajstić information content (AvgIpc) is 2.93. The summed E-state index contributed by atoms with van der Waals surface area (Å²) in [5.74, 6) is 1.30. The molecule has 2 amide bonds. The highest BCUT2D eigenvalue weighted by molar-refractivity contribution is 8.77. The van der Waals surface area contributed by atoms with Gasteiger partial charge in [0.2, 0.25) is 11.8 Å². The first-order chi connectivity index (χ1) is 10.0.